The molecule has 0 amide bonds. The number of hydrogen-bond acceptors (Lipinski definition) is 6. The van der Waals surface area contributed by atoms with Gasteiger partial charge in [-0.15, -0.1) is 0 Å². The van der Waals surface area contributed by atoms with Crippen LogP contribution in [0.4, 0.5) is 0 Å². The Morgan fingerprint density at radius 1 is 1.39 bits per heavy atom. The van der Waals surface area contributed by atoms with Crippen molar-refractivity contribution in [1.29, 1.82) is 0 Å². The Labute approximate surface area is 102 Å². The highest BCUT2D eigenvalue weighted by molar-refractivity contribution is 5.88. The Morgan fingerprint density at radius 2 is 2.17 bits per heavy atom. The van der Waals surface area contributed by atoms with Crippen molar-refractivity contribution in [3.05, 3.63) is 40.2 Å². The minimum atomic E-state index is -0.728. The second kappa shape index (κ2) is 4.74. The van der Waals surface area contributed by atoms with Crippen LogP contribution in [0.3, 0.4) is 0 Å². The molecular formula is C11H10N4O3. The summed E-state index contributed by atoms with van der Waals surface area (Å²) in [6.07, 6.45) is 2.73. The van der Waals surface area contributed by atoms with Crippen molar-refractivity contribution in [3.8, 4) is 11.5 Å². The minimum Gasteiger partial charge on any atom is -0.465 e. The van der Waals surface area contributed by atoms with Gasteiger partial charge in [-0.05, 0) is 13.0 Å². The lowest BCUT2D eigenvalue weighted by atomic mass is 10.3. The van der Waals surface area contributed by atoms with Crippen LogP contribution in [-0.2, 0) is 4.74 Å². The Bertz CT molecular complexity index is 651. The lowest BCUT2D eigenvalue weighted by molar-refractivity contribution is 0.0598. The zero-order valence-corrected chi connectivity index (χ0v) is 9.80. The molecule has 0 aliphatic heterocycles. The number of methoxy groups -OCH3 is 1. The molecule has 0 fully saturated rings. The van der Waals surface area contributed by atoms with Crippen molar-refractivity contribution in [2.75, 3.05) is 7.11 Å². The van der Waals surface area contributed by atoms with E-state index >= 15 is 0 Å². The van der Waals surface area contributed by atoms with Gasteiger partial charge in [0, 0.05) is 12.4 Å². The summed E-state index contributed by atoms with van der Waals surface area (Å²) in [5.74, 6) is 0.111. The topological polar surface area (TPSA) is 97.8 Å². The van der Waals surface area contributed by atoms with Crippen molar-refractivity contribution in [2.24, 2.45) is 0 Å². The van der Waals surface area contributed by atoms with Gasteiger partial charge in [0.1, 0.15) is 17.1 Å². The van der Waals surface area contributed by atoms with E-state index in [9.17, 15) is 9.59 Å². The quantitative estimate of drug-likeness (QED) is 0.766. The van der Waals surface area contributed by atoms with Crippen molar-refractivity contribution in [1.82, 2.24) is 19.9 Å². The lowest BCUT2D eigenvalue weighted by Crippen LogP contribution is -2.20. The number of ether oxygens (including phenoxy) is 1. The summed E-state index contributed by atoms with van der Waals surface area (Å²) in [4.78, 5) is 37.4. The third-order valence-electron chi connectivity index (χ3n) is 2.22. The fourth-order valence-electron chi connectivity index (χ4n) is 1.37. The van der Waals surface area contributed by atoms with Crippen molar-refractivity contribution in [2.45, 2.75) is 6.92 Å². The van der Waals surface area contributed by atoms with Crippen LogP contribution in [0.2, 0.25) is 0 Å². The van der Waals surface area contributed by atoms with Crippen LogP contribution in [0.5, 0.6) is 0 Å². The van der Waals surface area contributed by atoms with E-state index in [2.05, 4.69) is 24.7 Å². The number of esters is 1. The molecule has 2 heterocycles. The molecule has 18 heavy (non-hydrogen) atoms. The van der Waals surface area contributed by atoms with Gasteiger partial charge in [0.2, 0.25) is 0 Å². The zero-order valence-electron chi connectivity index (χ0n) is 9.80. The second-order valence-electron chi connectivity index (χ2n) is 3.46. The number of aryl methyl sites for hydroxylation is 1. The first-order chi connectivity index (χ1) is 8.61. The minimum absolute atomic E-state index is 0.146. The number of aromatic nitrogens is 4. The molecule has 0 aliphatic carbocycles. The number of carbonyl (C=O) groups excluding carboxylic acids is 1. The summed E-state index contributed by atoms with van der Waals surface area (Å²) < 4.78 is 4.46. The molecule has 0 atom stereocenters. The van der Waals surface area contributed by atoms with E-state index in [-0.39, 0.29) is 11.4 Å². The SMILES string of the molecule is COC(=O)c1cnc(-c2ccnc(C)n2)[nH]c1=O. The Morgan fingerprint density at radius 3 is 2.78 bits per heavy atom. The number of hydrogen-bond donors (Lipinski definition) is 1. The molecule has 0 aromatic carbocycles. The molecule has 0 unspecified atom stereocenters. The molecule has 2 aromatic rings. The Balaban J connectivity index is 2.47. The molecule has 2 aromatic heterocycles. The van der Waals surface area contributed by atoms with E-state index in [4.69, 9.17) is 0 Å². The number of carbonyl (C=O) groups is 1. The Hall–Kier alpha value is -2.57. The molecule has 0 saturated heterocycles. The highest BCUT2D eigenvalue weighted by Crippen LogP contribution is 2.08. The summed E-state index contributed by atoms with van der Waals surface area (Å²) in [5, 5.41) is 0. The highest BCUT2D eigenvalue weighted by atomic mass is 16.5. The molecule has 7 nitrogen and oxygen atoms in total. The van der Waals surface area contributed by atoms with Gasteiger partial charge in [-0.3, -0.25) is 4.79 Å². The largest absolute Gasteiger partial charge is 0.465 e. The molecule has 92 valence electrons. The van der Waals surface area contributed by atoms with Crippen LogP contribution in [0.25, 0.3) is 11.5 Å². The molecule has 0 saturated carbocycles. The maximum Gasteiger partial charge on any atom is 0.345 e. The monoisotopic (exact) mass is 246 g/mol. The molecular weight excluding hydrogens is 236 g/mol. The van der Waals surface area contributed by atoms with Crippen molar-refractivity contribution in [3.63, 3.8) is 0 Å². The van der Waals surface area contributed by atoms with Crippen LogP contribution >= 0.6 is 0 Å². The summed E-state index contributed by atoms with van der Waals surface area (Å²) in [7, 11) is 1.20. The first-order valence-corrected chi connectivity index (χ1v) is 5.09. The third-order valence-corrected chi connectivity index (χ3v) is 2.22. The lowest BCUT2D eigenvalue weighted by Gasteiger charge is -2.02. The third kappa shape index (κ3) is 2.24. The summed E-state index contributed by atoms with van der Waals surface area (Å²) in [5.41, 5.74) is -0.230. The van der Waals surface area contributed by atoms with E-state index in [1.807, 2.05) is 0 Å². The highest BCUT2D eigenvalue weighted by Gasteiger charge is 2.13. The number of rotatable bonds is 2. The Kier molecular flexibility index (Phi) is 3.13. The van der Waals surface area contributed by atoms with E-state index in [0.29, 0.717) is 11.5 Å². The van der Waals surface area contributed by atoms with Gasteiger partial charge in [-0.2, -0.15) is 0 Å². The van der Waals surface area contributed by atoms with E-state index in [1.165, 1.54) is 7.11 Å². The molecule has 0 aliphatic rings. The van der Waals surface area contributed by atoms with Gasteiger partial charge in [0.05, 0.1) is 7.11 Å². The van der Waals surface area contributed by atoms with E-state index in [1.54, 1.807) is 19.2 Å². The first kappa shape index (κ1) is 11.9. The number of nitrogens with one attached hydrogen (secondary N) is 1. The summed E-state index contributed by atoms with van der Waals surface area (Å²) >= 11 is 0. The second-order valence-corrected chi connectivity index (χ2v) is 3.46. The maximum absolute atomic E-state index is 11.7. The van der Waals surface area contributed by atoms with E-state index < -0.39 is 11.5 Å². The summed E-state index contributed by atoms with van der Waals surface area (Å²) in [6, 6.07) is 1.61. The van der Waals surface area contributed by atoms with Crippen molar-refractivity contribution < 1.29 is 9.53 Å². The maximum atomic E-state index is 11.7. The predicted molar refractivity (Wildman–Crippen MR) is 62.0 cm³/mol. The fourth-order valence-corrected chi connectivity index (χ4v) is 1.37. The van der Waals surface area contributed by atoms with Crippen LogP contribution in [0, 0.1) is 6.92 Å². The number of aromatic amines is 1. The van der Waals surface area contributed by atoms with Gasteiger partial charge in [-0.1, -0.05) is 0 Å². The average Bonchev–Trinajstić information content (AvgIpc) is 2.37. The molecule has 2 rings (SSSR count). The van der Waals surface area contributed by atoms with E-state index in [0.717, 1.165) is 6.20 Å². The standard InChI is InChI=1S/C11H10N4O3/c1-6-12-4-3-8(14-6)9-13-5-7(10(16)15-9)11(17)18-2/h3-5H,1-2H3,(H,13,15,16). The van der Waals surface area contributed by atoms with Crippen LogP contribution in [0.1, 0.15) is 16.2 Å². The van der Waals surface area contributed by atoms with Crippen LogP contribution in [0.15, 0.2) is 23.3 Å². The van der Waals surface area contributed by atoms with Crippen LogP contribution in [-0.4, -0.2) is 33.0 Å². The van der Waals surface area contributed by atoms with Crippen molar-refractivity contribution >= 4 is 5.97 Å². The number of H-pyrrole nitrogens is 1. The molecule has 1 N–H and O–H groups in total. The zero-order chi connectivity index (χ0) is 13.1. The summed E-state index contributed by atoms with van der Waals surface area (Å²) in [6.45, 7) is 1.73. The normalized spacial score (nSPS) is 10.1. The number of nitrogens with zero attached hydrogens (tertiary/aromatic N) is 3. The fraction of sp³-hybridized carbons (Fsp3) is 0.182. The van der Waals surface area contributed by atoms with Gasteiger partial charge in [0.15, 0.2) is 5.82 Å². The van der Waals surface area contributed by atoms with Gasteiger partial charge in [-0.25, -0.2) is 19.7 Å². The van der Waals surface area contributed by atoms with Crippen LogP contribution < -0.4 is 5.56 Å². The molecule has 0 bridgehead atoms. The smallest absolute Gasteiger partial charge is 0.345 e. The van der Waals surface area contributed by atoms with Gasteiger partial charge in [0.25, 0.3) is 5.56 Å². The molecule has 0 spiro atoms. The molecule has 0 radical (unpaired) electrons. The van der Waals surface area contributed by atoms with Gasteiger partial charge >= 0.3 is 5.97 Å². The molecule has 7 heteroatoms. The predicted octanol–water partition coefficient (Wildman–Crippen LogP) is 0.322. The average molecular weight is 246 g/mol. The first-order valence-electron chi connectivity index (χ1n) is 5.09. The van der Waals surface area contributed by atoms with Gasteiger partial charge < -0.3 is 9.72 Å².